The molecular formula is C16H19N3OS. The van der Waals surface area contributed by atoms with Crippen molar-refractivity contribution >= 4 is 33.0 Å². The van der Waals surface area contributed by atoms with Gasteiger partial charge in [0, 0.05) is 47.1 Å². The summed E-state index contributed by atoms with van der Waals surface area (Å²) in [5, 5.41) is 7.21. The molecule has 0 bridgehead atoms. The number of hydrogen-bond donors (Lipinski definition) is 1. The zero-order valence-corrected chi connectivity index (χ0v) is 12.9. The highest BCUT2D eigenvalue weighted by atomic mass is 32.1. The van der Waals surface area contributed by atoms with Crippen LogP contribution in [0.5, 0.6) is 0 Å². The minimum Gasteiger partial charge on any atom is -0.303 e. The van der Waals surface area contributed by atoms with Gasteiger partial charge in [0.2, 0.25) is 0 Å². The minimum absolute atomic E-state index is 0.113. The second-order valence-electron chi connectivity index (χ2n) is 5.20. The third-order valence-electron chi connectivity index (χ3n) is 3.92. The molecule has 5 heteroatoms. The van der Waals surface area contributed by atoms with E-state index in [-0.39, 0.29) is 5.91 Å². The number of fused-ring (bicyclic) bond motifs is 1. The first-order valence-electron chi connectivity index (χ1n) is 7.32. The summed E-state index contributed by atoms with van der Waals surface area (Å²) in [7, 11) is 0. The van der Waals surface area contributed by atoms with Crippen LogP contribution in [0.2, 0.25) is 0 Å². The molecule has 4 nitrogen and oxygen atoms in total. The van der Waals surface area contributed by atoms with Crippen LogP contribution in [0.1, 0.15) is 30.1 Å². The lowest BCUT2D eigenvalue weighted by Gasteiger charge is -2.25. The molecule has 1 aromatic heterocycles. The molecule has 1 aliphatic heterocycles. The molecule has 1 amide bonds. The maximum Gasteiger partial charge on any atom is 0.272 e. The molecular weight excluding hydrogens is 282 g/mol. The normalized spacial score (nSPS) is 16.1. The van der Waals surface area contributed by atoms with Crippen molar-refractivity contribution in [2.24, 2.45) is 5.10 Å². The van der Waals surface area contributed by atoms with Crippen LogP contribution < -0.4 is 5.43 Å². The van der Waals surface area contributed by atoms with Gasteiger partial charge >= 0.3 is 0 Å². The molecule has 1 saturated heterocycles. The van der Waals surface area contributed by atoms with Gasteiger partial charge in [0.05, 0.1) is 5.56 Å². The first-order chi connectivity index (χ1) is 10.3. The summed E-state index contributed by atoms with van der Waals surface area (Å²) in [6.07, 6.45) is 1.89. The van der Waals surface area contributed by atoms with Crippen molar-refractivity contribution in [2.45, 2.75) is 19.8 Å². The molecule has 2 aromatic rings. The quantitative estimate of drug-likeness (QED) is 0.885. The zero-order valence-electron chi connectivity index (χ0n) is 12.1. The van der Waals surface area contributed by atoms with Gasteiger partial charge in [-0.3, -0.25) is 4.79 Å². The number of thiophene rings is 1. The summed E-state index contributed by atoms with van der Waals surface area (Å²) in [5.41, 5.74) is 4.52. The SMILES string of the molecule is CCN1CCC(=NNC(=O)c2csc3ccccc23)CC1. The number of rotatable bonds is 3. The van der Waals surface area contributed by atoms with Gasteiger partial charge < -0.3 is 4.90 Å². The number of benzene rings is 1. The standard InChI is InChI=1S/C16H19N3OS/c1-2-19-9-7-12(8-10-19)17-18-16(20)14-11-21-15-6-4-3-5-13(14)15/h3-6,11H,2,7-10H2,1H3,(H,18,20). The summed E-state index contributed by atoms with van der Waals surface area (Å²) in [6.45, 7) is 5.32. The van der Waals surface area contributed by atoms with E-state index in [1.807, 2.05) is 29.6 Å². The number of carbonyl (C=O) groups excluding carboxylic acids is 1. The molecule has 0 atom stereocenters. The van der Waals surface area contributed by atoms with Gasteiger partial charge in [0.1, 0.15) is 0 Å². The lowest BCUT2D eigenvalue weighted by atomic mass is 10.1. The number of amides is 1. The van der Waals surface area contributed by atoms with E-state index in [4.69, 9.17) is 0 Å². The zero-order chi connectivity index (χ0) is 14.7. The molecule has 1 aromatic carbocycles. The number of hydrogen-bond acceptors (Lipinski definition) is 4. The maximum absolute atomic E-state index is 12.3. The van der Waals surface area contributed by atoms with Crippen LogP contribution in [0, 0.1) is 0 Å². The van der Waals surface area contributed by atoms with E-state index in [2.05, 4.69) is 22.4 Å². The van der Waals surface area contributed by atoms with Crippen LogP contribution >= 0.6 is 11.3 Å². The summed E-state index contributed by atoms with van der Waals surface area (Å²) >= 11 is 1.59. The Morgan fingerprint density at radius 2 is 2.10 bits per heavy atom. The molecule has 0 radical (unpaired) electrons. The molecule has 3 rings (SSSR count). The Labute approximate surface area is 128 Å². The fraction of sp³-hybridized carbons (Fsp3) is 0.375. The first-order valence-corrected chi connectivity index (χ1v) is 8.20. The molecule has 2 heterocycles. The van der Waals surface area contributed by atoms with Crippen molar-refractivity contribution in [3.05, 3.63) is 35.2 Å². The highest BCUT2D eigenvalue weighted by Gasteiger charge is 2.15. The molecule has 0 unspecified atom stereocenters. The Hall–Kier alpha value is -1.72. The Bertz CT molecular complexity index is 667. The molecule has 0 aliphatic carbocycles. The summed E-state index contributed by atoms with van der Waals surface area (Å²) in [5.74, 6) is -0.113. The largest absolute Gasteiger partial charge is 0.303 e. The van der Waals surface area contributed by atoms with E-state index in [0.717, 1.165) is 48.3 Å². The van der Waals surface area contributed by atoms with E-state index < -0.39 is 0 Å². The van der Waals surface area contributed by atoms with Gasteiger partial charge in [0.25, 0.3) is 5.91 Å². The second kappa shape index (κ2) is 6.37. The third-order valence-corrected chi connectivity index (χ3v) is 4.89. The summed E-state index contributed by atoms with van der Waals surface area (Å²) in [6, 6.07) is 7.96. The van der Waals surface area contributed by atoms with E-state index >= 15 is 0 Å². The van der Waals surface area contributed by atoms with Crippen LogP contribution in [-0.4, -0.2) is 36.2 Å². The smallest absolute Gasteiger partial charge is 0.272 e. The van der Waals surface area contributed by atoms with Crippen LogP contribution in [-0.2, 0) is 0 Å². The molecule has 110 valence electrons. The number of likely N-dealkylation sites (tertiary alicyclic amines) is 1. The van der Waals surface area contributed by atoms with Crippen LogP contribution in [0.3, 0.4) is 0 Å². The van der Waals surface area contributed by atoms with Crippen molar-refractivity contribution in [3.8, 4) is 0 Å². The van der Waals surface area contributed by atoms with Crippen molar-refractivity contribution in [3.63, 3.8) is 0 Å². The number of carbonyl (C=O) groups is 1. The van der Waals surface area contributed by atoms with Gasteiger partial charge in [-0.25, -0.2) is 5.43 Å². The van der Waals surface area contributed by atoms with E-state index in [1.165, 1.54) is 0 Å². The summed E-state index contributed by atoms with van der Waals surface area (Å²) in [4.78, 5) is 14.7. The van der Waals surface area contributed by atoms with Crippen molar-refractivity contribution < 1.29 is 4.79 Å². The van der Waals surface area contributed by atoms with Gasteiger partial charge in [-0.1, -0.05) is 25.1 Å². The Morgan fingerprint density at radius 3 is 2.86 bits per heavy atom. The molecule has 1 fully saturated rings. The average molecular weight is 301 g/mol. The number of nitrogens with one attached hydrogen (secondary N) is 1. The van der Waals surface area contributed by atoms with E-state index in [9.17, 15) is 4.79 Å². The van der Waals surface area contributed by atoms with Crippen LogP contribution in [0.25, 0.3) is 10.1 Å². The van der Waals surface area contributed by atoms with Gasteiger partial charge in [-0.2, -0.15) is 5.10 Å². The molecule has 0 spiro atoms. The lowest BCUT2D eigenvalue weighted by Crippen LogP contribution is -2.34. The highest BCUT2D eigenvalue weighted by molar-refractivity contribution is 7.17. The average Bonchev–Trinajstić information content (AvgIpc) is 2.97. The summed E-state index contributed by atoms with van der Waals surface area (Å²) < 4.78 is 1.13. The van der Waals surface area contributed by atoms with Crippen molar-refractivity contribution in [2.75, 3.05) is 19.6 Å². The predicted molar refractivity (Wildman–Crippen MR) is 88.1 cm³/mol. The van der Waals surface area contributed by atoms with Crippen LogP contribution in [0.4, 0.5) is 0 Å². The maximum atomic E-state index is 12.3. The van der Waals surface area contributed by atoms with E-state index in [1.54, 1.807) is 11.3 Å². The first kappa shape index (κ1) is 14.2. The number of nitrogens with zero attached hydrogens (tertiary/aromatic N) is 2. The lowest BCUT2D eigenvalue weighted by molar-refractivity contribution is 0.0956. The van der Waals surface area contributed by atoms with E-state index in [0.29, 0.717) is 5.56 Å². The topological polar surface area (TPSA) is 44.7 Å². The van der Waals surface area contributed by atoms with Crippen molar-refractivity contribution in [1.82, 2.24) is 10.3 Å². The molecule has 0 saturated carbocycles. The number of piperidine rings is 1. The second-order valence-corrected chi connectivity index (χ2v) is 6.11. The fourth-order valence-corrected chi connectivity index (χ4v) is 3.52. The van der Waals surface area contributed by atoms with Crippen LogP contribution in [0.15, 0.2) is 34.7 Å². The number of hydrazone groups is 1. The Balaban J connectivity index is 1.67. The highest BCUT2D eigenvalue weighted by Crippen LogP contribution is 2.25. The molecule has 21 heavy (non-hydrogen) atoms. The van der Waals surface area contributed by atoms with Gasteiger partial charge in [-0.15, -0.1) is 11.3 Å². The Kier molecular flexibility index (Phi) is 4.31. The van der Waals surface area contributed by atoms with Gasteiger partial charge in [-0.05, 0) is 12.6 Å². The Morgan fingerprint density at radius 1 is 1.33 bits per heavy atom. The monoisotopic (exact) mass is 301 g/mol. The fourth-order valence-electron chi connectivity index (χ4n) is 2.58. The predicted octanol–water partition coefficient (Wildman–Crippen LogP) is 3.10. The third kappa shape index (κ3) is 3.14. The van der Waals surface area contributed by atoms with Crippen molar-refractivity contribution in [1.29, 1.82) is 0 Å². The molecule has 1 N–H and O–H groups in total. The minimum atomic E-state index is -0.113. The van der Waals surface area contributed by atoms with Gasteiger partial charge in [0.15, 0.2) is 0 Å². The molecule has 1 aliphatic rings.